The summed E-state index contributed by atoms with van der Waals surface area (Å²) in [5.74, 6) is 0.463. The quantitative estimate of drug-likeness (QED) is 0.436. The number of H-pyrrole nitrogens is 1. The third-order valence-electron chi connectivity index (χ3n) is 5.74. The average Bonchev–Trinajstić information content (AvgIpc) is 2.78. The van der Waals surface area contributed by atoms with E-state index in [9.17, 15) is 9.59 Å². The number of anilines is 2. The molecule has 31 heavy (non-hydrogen) atoms. The largest absolute Gasteiger partial charge is 0.376 e. The first-order chi connectivity index (χ1) is 15.1. The smallest absolute Gasteiger partial charge is 0.260 e. The van der Waals surface area contributed by atoms with Gasteiger partial charge in [-0.1, -0.05) is 24.3 Å². The predicted octanol–water partition coefficient (Wildman–Crippen LogP) is 2.24. The predicted molar refractivity (Wildman–Crippen MR) is 123 cm³/mol. The molecular formula is C23H28N6O2. The first kappa shape index (κ1) is 20.9. The number of nitrogens with zero attached hydrogens (tertiary/aromatic N) is 2. The van der Waals surface area contributed by atoms with Gasteiger partial charge in [-0.2, -0.15) is 0 Å². The average molecular weight is 421 g/mol. The lowest BCUT2D eigenvalue weighted by molar-refractivity contribution is -0.131. The highest BCUT2D eigenvalue weighted by Gasteiger charge is 2.26. The molecule has 0 aliphatic carbocycles. The Morgan fingerprint density at radius 2 is 2.10 bits per heavy atom. The van der Waals surface area contributed by atoms with Gasteiger partial charge in [0.05, 0.1) is 23.5 Å². The number of aromatic nitrogens is 2. The van der Waals surface area contributed by atoms with Crippen molar-refractivity contribution in [3.05, 3.63) is 63.9 Å². The molecule has 0 radical (unpaired) electrons. The fourth-order valence-corrected chi connectivity index (χ4v) is 4.03. The number of nitrogens with two attached hydrogens (primary N) is 1. The molecule has 1 aromatic heterocycles. The van der Waals surface area contributed by atoms with E-state index in [0.29, 0.717) is 36.5 Å². The van der Waals surface area contributed by atoms with E-state index >= 15 is 0 Å². The number of aromatic amines is 1. The van der Waals surface area contributed by atoms with Gasteiger partial charge in [-0.3, -0.25) is 14.6 Å². The van der Waals surface area contributed by atoms with E-state index in [1.165, 1.54) is 11.1 Å². The van der Waals surface area contributed by atoms with Crippen LogP contribution < -0.4 is 21.9 Å². The molecule has 5 N–H and O–H groups in total. The van der Waals surface area contributed by atoms with Crippen LogP contribution in [0.1, 0.15) is 30.5 Å². The molecule has 0 spiro atoms. The third-order valence-corrected chi connectivity index (χ3v) is 5.74. The highest BCUT2D eigenvalue weighted by Crippen LogP contribution is 2.29. The summed E-state index contributed by atoms with van der Waals surface area (Å²) in [5.41, 5.74) is 9.14. The van der Waals surface area contributed by atoms with Crippen LogP contribution in [0, 0.1) is 0 Å². The van der Waals surface area contributed by atoms with Crippen molar-refractivity contribution in [1.82, 2.24) is 14.9 Å². The Morgan fingerprint density at radius 3 is 2.94 bits per heavy atom. The van der Waals surface area contributed by atoms with Gasteiger partial charge < -0.3 is 21.3 Å². The Labute approximate surface area is 180 Å². The van der Waals surface area contributed by atoms with Crippen LogP contribution in [0.25, 0.3) is 10.9 Å². The molecule has 1 aliphatic heterocycles. The molecule has 1 amide bonds. The van der Waals surface area contributed by atoms with Crippen molar-refractivity contribution in [3.63, 3.8) is 0 Å². The molecule has 8 heteroatoms. The highest BCUT2D eigenvalue weighted by atomic mass is 16.2. The number of hydrogen-bond acceptors (Lipinski definition) is 6. The van der Waals surface area contributed by atoms with Crippen LogP contribution in [-0.2, 0) is 11.2 Å². The third kappa shape index (κ3) is 4.54. The van der Waals surface area contributed by atoms with Gasteiger partial charge in [0.2, 0.25) is 11.9 Å². The second kappa shape index (κ2) is 9.18. The normalized spacial score (nSPS) is 15.5. The summed E-state index contributed by atoms with van der Waals surface area (Å²) in [7, 11) is 0. The van der Waals surface area contributed by atoms with E-state index < -0.39 is 0 Å². The van der Waals surface area contributed by atoms with Crippen LogP contribution in [-0.4, -0.2) is 47.0 Å². The maximum atomic E-state index is 12.9. The molecule has 8 nitrogen and oxygen atoms in total. The Kier molecular flexibility index (Phi) is 6.18. The monoisotopic (exact) mass is 420 g/mol. The van der Waals surface area contributed by atoms with Gasteiger partial charge in [0.15, 0.2) is 0 Å². The molecule has 2 heterocycles. The zero-order valence-corrected chi connectivity index (χ0v) is 17.6. The molecule has 0 fully saturated rings. The topological polar surface area (TPSA) is 116 Å². The fourth-order valence-electron chi connectivity index (χ4n) is 4.03. The van der Waals surface area contributed by atoms with Gasteiger partial charge >= 0.3 is 0 Å². The Bertz CT molecular complexity index is 1140. The molecule has 0 saturated heterocycles. The van der Waals surface area contributed by atoms with Gasteiger partial charge in [-0.15, -0.1) is 0 Å². The summed E-state index contributed by atoms with van der Waals surface area (Å²) < 4.78 is 0. The molecule has 4 rings (SSSR count). The molecule has 3 aromatic rings. The summed E-state index contributed by atoms with van der Waals surface area (Å²) >= 11 is 0. The molecule has 1 atom stereocenters. The zero-order chi connectivity index (χ0) is 21.8. The van der Waals surface area contributed by atoms with E-state index in [-0.39, 0.29) is 24.1 Å². The van der Waals surface area contributed by atoms with Crippen molar-refractivity contribution in [2.24, 2.45) is 5.73 Å². The minimum atomic E-state index is -0.205. The van der Waals surface area contributed by atoms with Gasteiger partial charge in [-0.05, 0) is 55.6 Å². The maximum absolute atomic E-state index is 12.9. The number of nitrogens with one attached hydrogen (secondary N) is 3. The number of rotatable bonds is 7. The van der Waals surface area contributed by atoms with Crippen LogP contribution in [0.15, 0.2) is 47.3 Å². The lowest BCUT2D eigenvalue weighted by Crippen LogP contribution is -2.41. The second-order valence-corrected chi connectivity index (χ2v) is 7.78. The summed E-state index contributed by atoms with van der Waals surface area (Å²) in [6, 6.07) is 13.7. The number of carbonyl (C=O) groups excluding carboxylic acids is 1. The number of hydrogen-bond donors (Lipinski definition) is 4. The molecule has 1 aliphatic rings. The SMILES string of the molecule is CC1c2ccccc2CCN1C(=O)CNc1ccc2c(=O)[nH]c(NCCCN)nc2c1. The lowest BCUT2D eigenvalue weighted by atomic mass is 9.93. The van der Waals surface area contributed by atoms with Crippen LogP contribution in [0.4, 0.5) is 11.6 Å². The Morgan fingerprint density at radius 1 is 1.26 bits per heavy atom. The fraction of sp³-hybridized carbons (Fsp3) is 0.348. The summed E-state index contributed by atoms with van der Waals surface area (Å²) in [5, 5.41) is 6.77. The minimum Gasteiger partial charge on any atom is -0.376 e. The highest BCUT2D eigenvalue weighted by molar-refractivity contribution is 5.85. The van der Waals surface area contributed by atoms with Crippen molar-refractivity contribution in [2.45, 2.75) is 25.8 Å². The van der Waals surface area contributed by atoms with E-state index in [1.807, 2.05) is 17.0 Å². The Balaban J connectivity index is 1.45. The number of benzene rings is 2. The standard InChI is InChI=1S/C23H28N6O2/c1-15-18-6-3-2-5-16(18)9-12-29(15)21(30)14-26-17-7-8-19-20(13-17)27-23(28-22(19)31)25-11-4-10-24/h2-3,5-8,13,15,26H,4,9-12,14,24H2,1H3,(H2,25,27,28,31). The van der Waals surface area contributed by atoms with Crippen molar-refractivity contribution in [1.29, 1.82) is 0 Å². The van der Waals surface area contributed by atoms with Gasteiger partial charge in [0.25, 0.3) is 5.56 Å². The molecule has 162 valence electrons. The van der Waals surface area contributed by atoms with Crippen LogP contribution >= 0.6 is 0 Å². The molecule has 1 unspecified atom stereocenters. The van der Waals surface area contributed by atoms with Crippen molar-refractivity contribution in [3.8, 4) is 0 Å². The molecular weight excluding hydrogens is 392 g/mol. The van der Waals surface area contributed by atoms with Crippen molar-refractivity contribution in [2.75, 3.05) is 36.8 Å². The van der Waals surface area contributed by atoms with Crippen LogP contribution in [0.5, 0.6) is 0 Å². The van der Waals surface area contributed by atoms with Gasteiger partial charge in [0.1, 0.15) is 0 Å². The van der Waals surface area contributed by atoms with Crippen molar-refractivity contribution < 1.29 is 4.79 Å². The second-order valence-electron chi connectivity index (χ2n) is 7.78. The Hall–Kier alpha value is -3.39. The van der Waals surface area contributed by atoms with Gasteiger partial charge in [0, 0.05) is 18.8 Å². The molecule has 2 aromatic carbocycles. The molecule has 0 bridgehead atoms. The number of amides is 1. The summed E-state index contributed by atoms with van der Waals surface area (Å²) in [6.45, 7) is 4.16. The van der Waals surface area contributed by atoms with E-state index in [0.717, 1.165) is 18.5 Å². The first-order valence-corrected chi connectivity index (χ1v) is 10.7. The van der Waals surface area contributed by atoms with Crippen LogP contribution in [0.2, 0.25) is 0 Å². The van der Waals surface area contributed by atoms with E-state index in [4.69, 9.17) is 5.73 Å². The van der Waals surface area contributed by atoms with E-state index in [1.54, 1.807) is 18.2 Å². The number of carbonyl (C=O) groups is 1. The van der Waals surface area contributed by atoms with E-state index in [2.05, 4.69) is 39.7 Å². The minimum absolute atomic E-state index is 0.0464. The lowest BCUT2D eigenvalue weighted by Gasteiger charge is -2.35. The maximum Gasteiger partial charge on any atom is 0.260 e. The van der Waals surface area contributed by atoms with Crippen molar-refractivity contribution >= 4 is 28.4 Å². The van der Waals surface area contributed by atoms with Crippen LogP contribution in [0.3, 0.4) is 0 Å². The zero-order valence-electron chi connectivity index (χ0n) is 17.6. The first-order valence-electron chi connectivity index (χ1n) is 10.7. The summed E-state index contributed by atoms with van der Waals surface area (Å²) in [4.78, 5) is 34.3. The summed E-state index contributed by atoms with van der Waals surface area (Å²) in [6.07, 6.45) is 1.65. The number of fused-ring (bicyclic) bond motifs is 2. The molecule has 0 saturated carbocycles. The van der Waals surface area contributed by atoms with Gasteiger partial charge in [-0.25, -0.2) is 4.98 Å².